The largest absolute Gasteiger partial charge is 0.504 e. The summed E-state index contributed by atoms with van der Waals surface area (Å²) in [6.45, 7) is 0. The molecule has 0 saturated carbocycles. The van der Waals surface area contributed by atoms with Gasteiger partial charge in [0.05, 0.1) is 17.4 Å². The van der Waals surface area contributed by atoms with E-state index < -0.39 is 0 Å². The lowest BCUT2D eigenvalue weighted by molar-refractivity contribution is 0.403. The molecule has 3 rings (SSSR count). The molecule has 0 amide bonds. The molecule has 21 heavy (non-hydrogen) atoms. The third-order valence-electron chi connectivity index (χ3n) is 3.03. The van der Waals surface area contributed by atoms with Gasteiger partial charge in [-0.05, 0) is 35.9 Å². The minimum Gasteiger partial charge on any atom is -0.504 e. The maximum atomic E-state index is 9.42. The van der Waals surface area contributed by atoms with Crippen LogP contribution in [0.25, 0.3) is 10.9 Å². The van der Waals surface area contributed by atoms with Crippen molar-refractivity contribution in [2.75, 3.05) is 5.43 Å². The van der Waals surface area contributed by atoms with Crippen molar-refractivity contribution in [1.29, 1.82) is 0 Å². The Hall–Kier alpha value is -3.08. The zero-order chi connectivity index (χ0) is 14.7. The Balaban J connectivity index is 1.83. The zero-order valence-electron chi connectivity index (χ0n) is 11.1. The van der Waals surface area contributed by atoms with Crippen molar-refractivity contribution in [3.05, 3.63) is 60.3 Å². The molecule has 0 aliphatic carbocycles. The number of nitrogens with one attached hydrogen (secondary N) is 1. The predicted octanol–water partition coefficient (Wildman–Crippen LogP) is 3.09. The normalized spacial score (nSPS) is 11.0. The third-order valence-corrected chi connectivity index (χ3v) is 3.03. The van der Waals surface area contributed by atoms with Crippen molar-refractivity contribution >= 4 is 22.8 Å². The highest BCUT2D eigenvalue weighted by Crippen LogP contribution is 2.24. The van der Waals surface area contributed by atoms with Crippen molar-refractivity contribution in [2.24, 2.45) is 5.10 Å². The standard InChI is InChI=1S/C16H13N3O2/c20-14-7-6-11(9-15(14)21)10-18-19-13-5-1-3-12-4-2-8-17-16(12)13/h1-10,19-21H. The number of phenolic OH excluding ortho intramolecular Hbond substituents is 2. The van der Waals surface area contributed by atoms with E-state index in [1.807, 2.05) is 30.3 Å². The Morgan fingerprint density at radius 2 is 1.86 bits per heavy atom. The van der Waals surface area contributed by atoms with Crippen molar-refractivity contribution in [1.82, 2.24) is 4.98 Å². The first kappa shape index (κ1) is 12.9. The Bertz CT molecular complexity index is 810. The van der Waals surface area contributed by atoms with E-state index in [1.54, 1.807) is 18.5 Å². The molecule has 0 fully saturated rings. The Kier molecular flexibility index (Phi) is 3.39. The van der Waals surface area contributed by atoms with Crippen LogP contribution in [0.4, 0.5) is 5.69 Å². The molecule has 104 valence electrons. The lowest BCUT2D eigenvalue weighted by Gasteiger charge is -2.04. The molecule has 0 saturated heterocycles. The lowest BCUT2D eigenvalue weighted by Crippen LogP contribution is -1.92. The molecule has 1 heterocycles. The van der Waals surface area contributed by atoms with E-state index in [-0.39, 0.29) is 11.5 Å². The summed E-state index contributed by atoms with van der Waals surface area (Å²) in [7, 11) is 0. The molecule has 0 atom stereocenters. The number of para-hydroxylation sites is 1. The van der Waals surface area contributed by atoms with Gasteiger partial charge in [-0.15, -0.1) is 0 Å². The summed E-state index contributed by atoms with van der Waals surface area (Å²) >= 11 is 0. The number of aromatic nitrogens is 1. The lowest BCUT2D eigenvalue weighted by atomic mass is 10.2. The fourth-order valence-electron chi connectivity index (χ4n) is 1.99. The molecule has 0 aliphatic heterocycles. The third kappa shape index (κ3) is 2.76. The molecule has 1 aromatic heterocycles. The maximum absolute atomic E-state index is 9.42. The molecule has 0 spiro atoms. The Morgan fingerprint density at radius 3 is 2.71 bits per heavy atom. The van der Waals surface area contributed by atoms with E-state index in [0.717, 1.165) is 16.6 Å². The van der Waals surface area contributed by atoms with E-state index in [1.165, 1.54) is 12.1 Å². The summed E-state index contributed by atoms with van der Waals surface area (Å²) in [4.78, 5) is 4.32. The number of benzene rings is 2. The first-order valence-corrected chi connectivity index (χ1v) is 6.39. The number of nitrogens with zero attached hydrogens (tertiary/aromatic N) is 2. The number of rotatable bonds is 3. The minimum absolute atomic E-state index is 0.154. The first-order chi connectivity index (χ1) is 10.2. The highest BCUT2D eigenvalue weighted by Gasteiger charge is 2.00. The van der Waals surface area contributed by atoms with Gasteiger partial charge < -0.3 is 10.2 Å². The maximum Gasteiger partial charge on any atom is 0.158 e. The number of hydrogen-bond donors (Lipinski definition) is 3. The van der Waals surface area contributed by atoms with Gasteiger partial charge in [0.2, 0.25) is 0 Å². The van der Waals surface area contributed by atoms with Gasteiger partial charge in [0.25, 0.3) is 0 Å². The molecular formula is C16H13N3O2. The monoisotopic (exact) mass is 279 g/mol. The van der Waals surface area contributed by atoms with Gasteiger partial charge in [0.15, 0.2) is 11.5 Å². The summed E-state index contributed by atoms with van der Waals surface area (Å²) in [5.74, 6) is -0.329. The van der Waals surface area contributed by atoms with Crippen LogP contribution in [0, 0.1) is 0 Å². The molecule has 5 heteroatoms. The van der Waals surface area contributed by atoms with Crippen molar-refractivity contribution in [3.63, 3.8) is 0 Å². The molecule has 0 aliphatic rings. The van der Waals surface area contributed by atoms with Crippen LogP contribution in [-0.2, 0) is 0 Å². The Morgan fingerprint density at radius 1 is 1.00 bits per heavy atom. The number of aromatic hydroxyl groups is 2. The van der Waals surface area contributed by atoms with Gasteiger partial charge in [-0.2, -0.15) is 5.10 Å². The van der Waals surface area contributed by atoms with Crippen LogP contribution in [0.15, 0.2) is 59.8 Å². The summed E-state index contributed by atoms with van der Waals surface area (Å²) in [6.07, 6.45) is 3.29. The summed E-state index contributed by atoms with van der Waals surface area (Å²) < 4.78 is 0. The van der Waals surface area contributed by atoms with Crippen LogP contribution in [-0.4, -0.2) is 21.4 Å². The molecule has 3 N–H and O–H groups in total. The van der Waals surface area contributed by atoms with Gasteiger partial charge in [0.1, 0.15) is 0 Å². The van der Waals surface area contributed by atoms with Crippen LogP contribution < -0.4 is 5.43 Å². The van der Waals surface area contributed by atoms with Crippen molar-refractivity contribution < 1.29 is 10.2 Å². The predicted molar refractivity (Wildman–Crippen MR) is 82.7 cm³/mol. The minimum atomic E-state index is -0.175. The van der Waals surface area contributed by atoms with Crippen LogP contribution in [0.1, 0.15) is 5.56 Å². The number of anilines is 1. The summed E-state index contributed by atoms with van der Waals surface area (Å²) in [6, 6.07) is 14.2. The number of hydrazone groups is 1. The van der Waals surface area contributed by atoms with Gasteiger partial charge in [-0.25, -0.2) is 0 Å². The second-order valence-corrected chi connectivity index (χ2v) is 4.50. The number of phenols is 2. The summed E-state index contributed by atoms with van der Waals surface area (Å²) in [5.41, 5.74) is 5.24. The number of hydrogen-bond acceptors (Lipinski definition) is 5. The highest BCUT2D eigenvalue weighted by molar-refractivity contribution is 5.90. The van der Waals surface area contributed by atoms with E-state index in [2.05, 4.69) is 15.5 Å². The molecule has 0 radical (unpaired) electrons. The SMILES string of the molecule is Oc1ccc(C=NNc2cccc3cccnc23)cc1O. The van der Waals surface area contributed by atoms with E-state index >= 15 is 0 Å². The molecule has 2 aromatic carbocycles. The molecule has 0 unspecified atom stereocenters. The second kappa shape index (κ2) is 5.50. The molecule has 3 aromatic rings. The van der Waals surface area contributed by atoms with Gasteiger partial charge in [0, 0.05) is 11.6 Å². The molecular weight excluding hydrogens is 266 g/mol. The van der Waals surface area contributed by atoms with Gasteiger partial charge in [-0.3, -0.25) is 10.4 Å². The molecule has 5 nitrogen and oxygen atoms in total. The quantitative estimate of drug-likeness (QED) is 0.391. The average Bonchev–Trinajstić information content (AvgIpc) is 2.51. The zero-order valence-corrected chi connectivity index (χ0v) is 11.1. The van der Waals surface area contributed by atoms with E-state index in [9.17, 15) is 10.2 Å². The summed E-state index contributed by atoms with van der Waals surface area (Å²) in [5, 5.41) is 23.8. The van der Waals surface area contributed by atoms with Crippen LogP contribution >= 0.6 is 0 Å². The number of fused-ring (bicyclic) bond motifs is 1. The first-order valence-electron chi connectivity index (χ1n) is 6.39. The highest BCUT2D eigenvalue weighted by atomic mass is 16.3. The number of pyridine rings is 1. The molecule has 0 bridgehead atoms. The van der Waals surface area contributed by atoms with E-state index in [4.69, 9.17) is 0 Å². The fourth-order valence-corrected chi connectivity index (χ4v) is 1.99. The van der Waals surface area contributed by atoms with Gasteiger partial charge in [-0.1, -0.05) is 18.2 Å². The van der Waals surface area contributed by atoms with Crippen LogP contribution in [0.5, 0.6) is 11.5 Å². The fraction of sp³-hybridized carbons (Fsp3) is 0. The topological polar surface area (TPSA) is 77.7 Å². The van der Waals surface area contributed by atoms with Crippen molar-refractivity contribution in [2.45, 2.75) is 0 Å². The van der Waals surface area contributed by atoms with Crippen molar-refractivity contribution in [3.8, 4) is 11.5 Å². The average molecular weight is 279 g/mol. The van der Waals surface area contributed by atoms with E-state index in [0.29, 0.717) is 5.56 Å². The van der Waals surface area contributed by atoms with Crippen LogP contribution in [0.3, 0.4) is 0 Å². The van der Waals surface area contributed by atoms with Gasteiger partial charge >= 0.3 is 0 Å². The Labute approximate surface area is 121 Å². The smallest absolute Gasteiger partial charge is 0.158 e. The second-order valence-electron chi connectivity index (χ2n) is 4.50. The van der Waals surface area contributed by atoms with Crippen LogP contribution in [0.2, 0.25) is 0 Å².